The molecule has 1 heterocycles. The molecule has 0 saturated heterocycles. The SMILES string of the molecule is COCC(C)N(C)c1nc(C)c(CNC(C)C)s1. The molecule has 0 radical (unpaired) electrons. The molecular formula is C13H25N3OS. The monoisotopic (exact) mass is 271 g/mol. The fourth-order valence-electron chi connectivity index (χ4n) is 1.57. The lowest BCUT2D eigenvalue weighted by Gasteiger charge is -2.23. The largest absolute Gasteiger partial charge is 0.383 e. The molecule has 1 aromatic rings. The number of aromatic nitrogens is 1. The molecule has 4 nitrogen and oxygen atoms in total. The van der Waals surface area contributed by atoms with Gasteiger partial charge in [0.15, 0.2) is 5.13 Å². The quantitative estimate of drug-likeness (QED) is 0.826. The Morgan fingerprint density at radius 2 is 2.06 bits per heavy atom. The smallest absolute Gasteiger partial charge is 0.185 e. The van der Waals surface area contributed by atoms with E-state index in [0.29, 0.717) is 18.7 Å². The molecular weight excluding hydrogens is 246 g/mol. The van der Waals surface area contributed by atoms with E-state index in [1.807, 2.05) is 0 Å². The summed E-state index contributed by atoms with van der Waals surface area (Å²) in [5, 5.41) is 4.50. The topological polar surface area (TPSA) is 37.4 Å². The van der Waals surface area contributed by atoms with Gasteiger partial charge in [0.05, 0.1) is 18.3 Å². The van der Waals surface area contributed by atoms with Crippen molar-refractivity contribution < 1.29 is 4.74 Å². The zero-order chi connectivity index (χ0) is 13.7. The van der Waals surface area contributed by atoms with Crippen molar-refractivity contribution in [2.45, 2.75) is 46.3 Å². The molecule has 0 amide bonds. The molecule has 5 heteroatoms. The van der Waals surface area contributed by atoms with Crippen molar-refractivity contribution >= 4 is 16.5 Å². The lowest BCUT2D eigenvalue weighted by molar-refractivity contribution is 0.183. The van der Waals surface area contributed by atoms with Crippen LogP contribution in [0.2, 0.25) is 0 Å². The van der Waals surface area contributed by atoms with Gasteiger partial charge in [-0.15, -0.1) is 11.3 Å². The summed E-state index contributed by atoms with van der Waals surface area (Å²) in [7, 11) is 3.80. The minimum Gasteiger partial charge on any atom is -0.383 e. The van der Waals surface area contributed by atoms with Crippen LogP contribution >= 0.6 is 11.3 Å². The highest BCUT2D eigenvalue weighted by Gasteiger charge is 2.15. The van der Waals surface area contributed by atoms with E-state index in [-0.39, 0.29) is 0 Å². The predicted molar refractivity (Wildman–Crippen MR) is 78.6 cm³/mol. The third-order valence-electron chi connectivity index (χ3n) is 2.92. The van der Waals surface area contributed by atoms with Gasteiger partial charge in [-0.3, -0.25) is 0 Å². The second-order valence-corrected chi connectivity index (χ2v) is 6.02. The maximum atomic E-state index is 5.19. The third kappa shape index (κ3) is 4.23. The average Bonchev–Trinajstić information content (AvgIpc) is 2.67. The first-order valence-electron chi connectivity index (χ1n) is 6.37. The van der Waals surface area contributed by atoms with E-state index >= 15 is 0 Å². The van der Waals surface area contributed by atoms with E-state index in [4.69, 9.17) is 4.74 Å². The second-order valence-electron chi connectivity index (χ2n) is 4.96. The molecule has 0 bridgehead atoms. The second kappa shape index (κ2) is 7.07. The number of anilines is 1. The van der Waals surface area contributed by atoms with E-state index in [1.54, 1.807) is 18.4 Å². The van der Waals surface area contributed by atoms with E-state index in [2.05, 4.69) is 49.9 Å². The van der Waals surface area contributed by atoms with Crippen LogP contribution in [0.4, 0.5) is 5.13 Å². The van der Waals surface area contributed by atoms with Gasteiger partial charge in [0.25, 0.3) is 0 Å². The van der Waals surface area contributed by atoms with Gasteiger partial charge >= 0.3 is 0 Å². The molecule has 1 unspecified atom stereocenters. The van der Waals surface area contributed by atoms with Crippen LogP contribution in [0.1, 0.15) is 31.3 Å². The summed E-state index contributed by atoms with van der Waals surface area (Å²) in [4.78, 5) is 8.14. The van der Waals surface area contributed by atoms with Gasteiger partial charge in [0, 0.05) is 31.6 Å². The third-order valence-corrected chi connectivity index (χ3v) is 4.17. The lowest BCUT2D eigenvalue weighted by atomic mass is 10.3. The molecule has 1 aromatic heterocycles. The molecule has 0 saturated carbocycles. The Morgan fingerprint density at radius 3 is 2.61 bits per heavy atom. The first kappa shape index (κ1) is 15.4. The molecule has 0 aliphatic carbocycles. The van der Waals surface area contributed by atoms with Crippen LogP contribution in [-0.2, 0) is 11.3 Å². The molecule has 0 fully saturated rings. The van der Waals surface area contributed by atoms with E-state index in [0.717, 1.165) is 17.4 Å². The first-order chi connectivity index (χ1) is 8.45. The number of thiazole rings is 1. The zero-order valence-corrected chi connectivity index (χ0v) is 13.1. The summed E-state index contributed by atoms with van der Waals surface area (Å²) >= 11 is 1.76. The number of hydrogen-bond donors (Lipinski definition) is 1. The zero-order valence-electron chi connectivity index (χ0n) is 12.3. The van der Waals surface area contributed by atoms with Crippen molar-refractivity contribution in [3.05, 3.63) is 10.6 Å². The van der Waals surface area contributed by atoms with Crippen LogP contribution in [0.3, 0.4) is 0 Å². The highest BCUT2D eigenvalue weighted by atomic mass is 32.1. The van der Waals surface area contributed by atoms with Crippen molar-refractivity contribution in [3.63, 3.8) is 0 Å². The summed E-state index contributed by atoms with van der Waals surface area (Å²) in [5.41, 5.74) is 1.12. The molecule has 104 valence electrons. The number of ether oxygens (including phenoxy) is 1. The first-order valence-corrected chi connectivity index (χ1v) is 7.18. The summed E-state index contributed by atoms with van der Waals surface area (Å²) in [6.07, 6.45) is 0. The minimum absolute atomic E-state index is 0.339. The minimum atomic E-state index is 0.339. The van der Waals surface area contributed by atoms with Crippen LogP contribution in [0.15, 0.2) is 0 Å². The molecule has 1 atom stereocenters. The number of rotatable bonds is 7. The van der Waals surface area contributed by atoms with E-state index in [9.17, 15) is 0 Å². The molecule has 1 N–H and O–H groups in total. The van der Waals surface area contributed by atoms with Crippen LogP contribution in [0.25, 0.3) is 0 Å². The molecule has 0 aliphatic heterocycles. The number of nitrogens with one attached hydrogen (secondary N) is 1. The van der Waals surface area contributed by atoms with Crippen LogP contribution in [0, 0.1) is 6.92 Å². The van der Waals surface area contributed by atoms with Gasteiger partial charge in [-0.2, -0.15) is 0 Å². The lowest BCUT2D eigenvalue weighted by Crippen LogP contribution is -2.32. The number of nitrogens with zero attached hydrogens (tertiary/aromatic N) is 2. The number of likely N-dealkylation sites (N-methyl/N-ethyl adjacent to an activating group) is 1. The predicted octanol–water partition coefficient (Wildman–Crippen LogP) is 2.42. The highest BCUT2D eigenvalue weighted by molar-refractivity contribution is 7.15. The Labute approximate surface area is 114 Å². The molecule has 1 rings (SSSR count). The van der Waals surface area contributed by atoms with E-state index < -0.39 is 0 Å². The Hall–Kier alpha value is -0.650. The normalized spacial score (nSPS) is 13.1. The van der Waals surface area contributed by atoms with Crippen molar-refractivity contribution in [2.24, 2.45) is 0 Å². The van der Waals surface area contributed by atoms with Crippen molar-refractivity contribution in [1.29, 1.82) is 0 Å². The van der Waals surface area contributed by atoms with Crippen LogP contribution in [-0.4, -0.2) is 37.8 Å². The standard InChI is InChI=1S/C13H25N3OS/c1-9(2)14-7-12-11(4)15-13(18-12)16(5)10(3)8-17-6/h9-10,14H,7-8H2,1-6H3. The number of aryl methyl sites for hydroxylation is 1. The Balaban J connectivity index is 2.70. The van der Waals surface area contributed by atoms with Gasteiger partial charge in [-0.25, -0.2) is 4.98 Å². The van der Waals surface area contributed by atoms with Gasteiger partial charge < -0.3 is 15.0 Å². The summed E-state index contributed by atoms with van der Waals surface area (Å²) in [5.74, 6) is 0. The van der Waals surface area contributed by atoms with Crippen molar-refractivity contribution in [3.8, 4) is 0 Å². The van der Waals surface area contributed by atoms with Gasteiger partial charge in [-0.05, 0) is 13.8 Å². The van der Waals surface area contributed by atoms with Gasteiger partial charge in [0.1, 0.15) is 0 Å². The average molecular weight is 271 g/mol. The number of methoxy groups -OCH3 is 1. The van der Waals surface area contributed by atoms with Crippen molar-refractivity contribution in [2.75, 3.05) is 25.7 Å². The fourth-order valence-corrected chi connectivity index (χ4v) is 2.64. The highest BCUT2D eigenvalue weighted by Crippen LogP contribution is 2.26. The van der Waals surface area contributed by atoms with E-state index in [1.165, 1.54) is 4.88 Å². The van der Waals surface area contributed by atoms with Crippen LogP contribution < -0.4 is 10.2 Å². The number of hydrogen-bond acceptors (Lipinski definition) is 5. The van der Waals surface area contributed by atoms with Crippen LogP contribution in [0.5, 0.6) is 0 Å². The molecule has 0 aromatic carbocycles. The Morgan fingerprint density at radius 1 is 1.39 bits per heavy atom. The molecule has 0 spiro atoms. The molecule has 18 heavy (non-hydrogen) atoms. The Bertz CT molecular complexity index is 365. The van der Waals surface area contributed by atoms with Gasteiger partial charge in [0.2, 0.25) is 0 Å². The molecule has 0 aliphatic rings. The summed E-state index contributed by atoms with van der Waals surface area (Å²) < 4.78 is 5.19. The Kier molecular flexibility index (Phi) is 6.05. The maximum Gasteiger partial charge on any atom is 0.185 e. The summed E-state index contributed by atoms with van der Waals surface area (Å²) in [6.45, 7) is 10.1. The maximum absolute atomic E-state index is 5.19. The van der Waals surface area contributed by atoms with Gasteiger partial charge in [-0.1, -0.05) is 13.8 Å². The fraction of sp³-hybridized carbons (Fsp3) is 0.769. The van der Waals surface area contributed by atoms with Crippen molar-refractivity contribution in [1.82, 2.24) is 10.3 Å². The summed E-state index contributed by atoms with van der Waals surface area (Å²) in [6, 6.07) is 0.839.